The molecule has 2 nitrogen and oxygen atoms in total. The van der Waals surface area contributed by atoms with E-state index in [-0.39, 0.29) is 0 Å². The van der Waals surface area contributed by atoms with Crippen LogP contribution in [-0.4, -0.2) is 10.2 Å². The molecule has 0 saturated heterocycles. The van der Waals surface area contributed by atoms with Crippen LogP contribution in [0.2, 0.25) is 0 Å². The number of rotatable bonds is 4. The highest BCUT2D eigenvalue weighted by Gasteiger charge is 2.43. The van der Waals surface area contributed by atoms with Crippen LogP contribution in [-0.2, 0) is 0 Å². The van der Waals surface area contributed by atoms with Gasteiger partial charge in [-0.25, -0.2) is 0 Å². The molecule has 0 amide bonds. The number of aromatic nitrogens is 2. The molecule has 1 aromatic heterocycles. The summed E-state index contributed by atoms with van der Waals surface area (Å²) in [5, 5.41) is 7.71. The third kappa shape index (κ3) is 1.82. The Balaban J connectivity index is 1.82. The fraction of sp³-hybridized carbons (Fsp3) is 0.769. The van der Waals surface area contributed by atoms with Gasteiger partial charge < -0.3 is 0 Å². The fourth-order valence-corrected chi connectivity index (χ4v) is 2.62. The van der Waals surface area contributed by atoms with E-state index in [2.05, 4.69) is 30.1 Å². The zero-order valence-corrected chi connectivity index (χ0v) is 9.66. The summed E-state index contributed by atoms with van der Waals surface area (Å²) in [5.74, 6) is 3.30. The van der Waals surface area contributed by atoms with E-state index in [1.165, 1.54) is 37.1 Å². The van der Waals surface area contributed by atoms with Crippen molar-refractivity contribution in [3.8, 4) is 0 Å². The first-order valence-electron chi connectivity index (χ1n) is 6.31. The Labute approximate surface area is 91.5 Å². The Morgan fingerprint density at radius 3 is 2.20 bits per heavy atom. The molecule has 2 saturated carbocycles. The highest BCUT2D eigenvalue weighted by atomic mass is 15.1. The van der Waals surface area contributed by atoms with Crippen LogP contribution in [0.5, 0.6) is 0 Å². The lowest BCUT2D eigenvalue weighted by Gasteiger charge is -2.12. The topological polar surface area (TPSA) is 28.7 Å². The first kappa shape index (κ1) is 9.44. The van der Waals surface area contributed by atoms with E-state index in [9.17, 15) is 0 Å². The normalized spacial score (nSPS) is 21.6. The molecule has 82 valence electrons. The van der Waals surface area contributed by atoms with Gasteiger partial charge in [-0.3, -0.25) is 5.10 Å². The molecular weight excluding hydrogens is 184 g/mol. The van der Waals surface area contributed by atoms with Crippen molar-refractivity contribution >= 4 is 0 Å². The summed E-state index contributed by atoms with van der Waals surface area (Å²) in [6, 6.07) is 2.31. The largest absolute Gasteiger partial charge is 0.282 e. The van der Waals surface area contributed by atoms with Gasteiger partial charge in [0.2, 0.25) is 0 Å². The fourth-order valence-electron chi connectivity index (χ4n) is 2.62. The van der Waals surface area contributed by atoms with Crippen molar-refractivity contribution in [2.75, 3.05) is 0 Å². The Morgan fingerprint density at radius 2 is 1.80 bits per heavy atom. The van der Waals surface area contributed by atoms with Gasteiger partial charge in [-0.1, -0.05) is 13.8 Å². The van der Waals surface area contributed by atoms with Crippen molar-refractivity contribution < 1.29 is 0 Å². The molecule has 15 heavy (non-hydrogen) atoms. The van der Waals surface area contributed by atoms with Crippen LogP contribution >= 0.6 is 0 Å². The van der Waals surface area contributed by atoms with Crippen LogP contribution in [0.3, 0.4) is 0 Å². The summed E-state index contributed by atoms with van der Waals surface area (Å²) in [5.41, 5.74) is 2.65. The zero-order chi connectivity index (χ0) is 10.4. The molecule has 2 heteroatoms. The highest BCUT2D eigenvalue weighted by Crippen LogP contribution is 2.54. The van der Waals surface area contributed by atoms with Crippen LogP contribution in [0.1, 0.15) is 62.8 Å². The molecule has 0 atom stereocenters. The smallest absolute Gasteiger partial charge is 0.0650 e. The Morgan fingerprint density at radius 1 is 1.20 bits per heavy atom. The second-order valence-corrected chi connectivity index (χ2v) is 5.60. The van der Waals surface area contributed by atoms with Gasteiger partial charge in [0.05, 0.1) is 5.69 Å². The molecule has 1 heterocycles. The molecular formula is C13H20N2. The number of hydrogen-bond acceptors (Lipinski definition) is 1. The number of H-pyrrole nitrogens is 1. The van der Waals surface area contributed by atoms with Gasteiger partial charge in [-0.05, 0) is 49.5 Å². The van der Waals surface area contributed by atoms with E-state index in [0.717, 1.165) is 17.8 Å². The standard InChI is InChI=1S/C13H20N2/c1-8(2)11-7-12(15-14-11)13(9-3-4-9)10-5-6-10/h7-10,13H,3-6H2,1-2H3,(H,14,15). The zero-order valence-electron chi connectivity index (χ0n) is 9.66. The van der Waals surface area contributed by atoms with Crippen LogP contribution < -0.4 is 0 Å². The van der Waals surface area contributed by atoms with Crippen LogP contribution in [0.25, 0.3) is 0 Å². The second kappa shape index (κ2) is 3.36. The molecule has 0 unspecified atom stereocenters. The molecule has 2 aliphatic rings. The summed E-state index contributed by atoms with van der Waals surface area (Å²) in [6.45, 7) is 4.42. The molecule has 0 bridgehead atoms. The lowest BCUT2D eigenvalue weighted by atomic mass is 9.93. The van der Waals surface area contributed by atoms with E-state index in [4.69, 9.17) is 0 Å². The van der Waals surface area contributed by atoms with Gasteiger partial charge in [0, 0.05) is 11.6 Å². The van der Waals surface area contributed by atoms with Crippen molar-refractivity contribution in [2.24, 2.45) is 11.8 Å². The lowest BCUT2D eigenvalue weighted by molar-refractivity contribution is 0.523. The van der Waals surface area contributed by atoms with Gasteiger partial charge in [0.1, 0.15) is 0 Å². The third-order valence-corrected chi connectivity index (χ3v) is 3.83. The molecule has 0 aliphatic heterocycles. The molecule has 1 N–H and O–H groups in total. The Hall–Kier alpha value is -0.790. The second-order valence-electron chi connectivity index (χ2n) is 5.60. The molecule has 0 aromatic carbocycles. The van der Waals surface area contributed by atoms with Crippen molar-refractivity contribution in [3.63, 3.8) is 0 Å². The summed E-state index contributed by atoms with van der Waals surface area (Å²) in [4.78, 5) is 0. The highest BCUT2D eigenvalue weighted by molar-refractivity contribution is 5.20. The van der Waals surface area contributed by atoms with Crippen LogP contribution in [0.4, 0.5) is 0 Å². The number of aromatic amines is 1. The summed E-state index contributed by atoms with van der Waals surface area (Å²) >= 11 is 0. The van der Waals surface area contributed by atoms with Crippen molar-refractivity contribution in [2.45, 2.75) is 51.4 Å². The predicted molar refractivity (Wildman–Crippen MR) is 60.9 cm³/mol. The molecule has 1 aromatic rings. The molecule has 2 aliphatic carbocycles. The third-order valence-electron chi connectivity index (χ3n) is 3.83. The maximum absolute atomic E-state index is 4.43. The number of hydrogen-bond donors (Lipinski definition) is 1. The SMILES string of the molecule is CC(C)c1cc(C(C2CC2)C2CC2)[nH]n1. The van der Waals surface area contributed by atoms with E-state index < -0.39 is 0 Å². The van der Waals surface area contributed by atoms with Crippen LogP contribution in [0.15, 0.2) is 6.07 Å². The quantitative estimate of drug-likeness (QED) is 0.799. The minimum absolute atomic E-state index is 0.550. The molecule has 0 radical (unpaired) electrons. The monoisotopic (exact) mass is 204 g/mol. The van der Waals surface area contributed by atoms with E-state index >= 15 is 0 Å². The molecule has 3 rings (SSSR count). The molecule has 2 fully saturated rings. The maximum atomic E-state index is 4.43. The maximum Gasteiger partial charge on any atom is 0.0650 e. The lowest BCUT2D eigenvalue weighted by Crippen LogP contribution is -2.04. The average Bonchev–Trinajstić information content (AvgIpc) is 3.08. The average molecular weight is 204 g/mol. The van der Waals surface area contributed by atoms with E-state index in [1.807, 2.05) is 0 Å². The minimum Gasteiger partial charge on any atom is -0.282 e. The van der Waals surface area contributed by atoms with E-state index in [1.54, 1.807) is 0 Å². The first-order valence-corrected chi connectivity index (χ1v) is 6.31. The van der Waals surface area contributed by atoms with Gasteiger partial charge in [-0.2, -0.15) is 5.10 Å². The minimum atomic E-state index is 0.550. The van der Waals surface area contributed by atoms with E-state index in [0.29, 0.717) is 5.92 Å². The summed E-state index contributed by atoms with van der Waals surface area (Å²) in [7, 11) is 0. The molecule has 0 spiro atoms. The number of nitrogens with one attached hydrogen (secondary N) is 1. The van der Waals surface area contributed by atoms with Crippen molar-refractivity contribution in [1.82, 2.24) is 10.2 Å². The first-order chi connectivity index (χ1) is 7.25. The van der Waals surface area contributed by atoms with Gasteiger partial charge in [-0.15, -0.1) is 0 Å². The number of nitrogens with zero attached hydrogens (tertiary/aromatic N) is 1. The van der Waals surface area contributed by atoms with Crippen LogP contribution in [0, 0.1) is 11.8 Å². The predicted octanol–water partition coefficient (Wildman–Crippen LogP) is 3.44. The summed E-state index contributed by atoms with van der Waals surface area (Å²) in [6.07, 6.45) is 5.77. The Bertz CT molecular complexity index is 333. The van der Waals surface area contributed by atoms with Crippen molar-refractivity contribution in [3.05, 3.63) is 17.5 Å². The van der Waals surface area contributed by atoms with Crippen molar-refractivity contribution in [1.29, 1.82) is 0 Å². The van der Waals surface area contributed by atoms with Gasteiger partial charge >= 0.3 is 0 Å². The van der Waals surface area contributed by atoms with Gasteiger partial charge in [0.15, 0.2) is 0 Å². The van der Waals surface area contributed by atoms with Gasteiger partial charge in [0.25, 0.3) is 0 Å². The summed E-state index contributed by atoms with van der Waals surface area (Å²) < 4.78 is 0. The Kier molecular flexibility index (Phi) is 2.11.